The normalized spacial score (nSPS) is 13.7. The standard InChI is InChI=1S/C11H17NOSi/c1-14(2,3)11(12)10(13)9-7-5-4-6-8-9/h4-8,11H,12H2,1-3H3. The van der Waals surface area contributed by atoms with Gasteiger partial charge in [-0.1, -0.05) is 50.0 Å². The number of hydrogen-bond acceptors (Lipinski definition) is 2. The largest absolute Gasteiger partial charge is 0.324 e. The molecule has 0 fully saturated rings. The lowest BCUT2D eigenvalue weighted by Crippen LogP contribution is -2.50. The Kier molecular flexibility index (Phi) is 3.24. The van der Waals surface area contributed by atoms with Gasteiger partial charge in [0.2, 0.25) is 0 Å². The molecule has 2 N–H and O–H groups in total. The molecule has 76 valence electrons. The van der Waals surface area contributed by atoms with Crippen LogP contribution in [-0.2, 0) is 0 Å². The van der Waals surface area contributed by atoms with E-state index >= 15 is 0 Å². The zero-order chi connectivity index (χ0) is 10.8. The van der Waals surface area contributed by atoms with Crippen molar-refractivity contribution in [1.29, 1.82) is 0 Å². The van der Waals surface area contributed by atoms with Crippen LogP contribution in [0.25, 0.3) is 0 Å². The number of carbonyl (C=O) groups is 1. The van der Waals surface area contributed by atoms with E-state index in [1.54, 1.807) is 0 Å². The molecule has 0 saturated carbocycles. The molecule has 0 aliphatic carbocycles. The maximum absolute atomic E-state index is 11.9. The monoisotopic (exact) mass is 207 g/mol. The van der Waals surface area contributed by atoms with Crippen molar-refractivity contribution in [2.24, 2.45) is 5.73 Å². The van der Waals surface area contributed by atoms with Crippen LogP contribution in [0.5, 0.6) is 0 Å². The van der Waals surface area contributed by atoms with E-state index in [-0.39, 0.29) is 11.4 Å². The van der Waals surface area contributed by atoms with Gasteiger partial charge in [0.15, 0.2) is 5.78 Å². The third kappa shape index (κ3) is 2.53. The second-order valence-corrected chi connectivity index (χ2v) is 9.93. The fraction of sp³-hybridized carbons (Fsp3) is 0.364. The summed E-state index contributed by atoms with van der Waals surface area (Å²) in [5, 5.41) is 0. The smallest absolute Gasteiger partial charge is 0.176 e. The van der Waals surface area contributed by atoms with E-state index in [0.717, 1.165) is 5.56 Å². The van der Waals surface area contributed by atoms with Crippen LogP contribution in [0.15, 0.2) is 30.3 Å². The predicted molar refractivity (Wildman–Crippen MR) is 62.1 cm³/mol. The fourth-order valence-corrected chi connectivity index (χ4v) is 2.13. The Morgan fingerprint density at radius 3 is 2.14 bits per heavy atom. The average Bonchev–Trinajstić information content (AvgIpc) is 2.15. The van der Waals surface area contributed by atoms with Gasteiger partial charge in [0, 0.05) is 5.56 Å². The van der Waals surface area contributed by atoms with Crippen molar-refractivity contribution in [2.75, 3.05) is 0 Å². The van der Waals surface area contributed by atoms with Crippen LogP contribution in [-0.4, -0.2) is 19.5 Å². The van der Waals surface area contributed by atoms with E-state index in [4.69, 9.17) is 5.73 Å². The van der Waals surface area contributed by atoms with Crippen LogP contribution >= 0.6 is 0 Å². The quantitative estimate of drug-likeness (QED) is 0.609. The molecule has 0 saturated heterocycles. The highest BCUT2D eigenvalue weighted by Gasteiger charge is 2.29. The molecule has 0 heterocycles. The van der Waals surface area contributed by atoms with Gasteiger partial charge in [-0.2, -0.15) is 0 Å². The number of Topliss-reactive ketones (excluding diaryl/α,β-unsaturated/α-hetero) is 1. The third-order valence-corrected chi connectivity index (χ3v) is 4.40. The van der Waals surface area contributed by atoms with Gasteiger partial charge in [0.05, 0.1) is 13.7 Å². The van der Waals surface area contributed by atoms with Crippen molar-refractivity contribution >= 4 is 13.9 Å². The number of hydrogen-bond donors (Lipinski definition) is 1. The molecule has 2 nitrogen and oxygen atoms in total. The fourth-order valence-electron chi connectivity index (χ4n) is 1.18. The van der Waals surface area contributed by atoms with Crippen LogP contribution in [0, 0.1) is 0 Å². The zero-order valence-corrected chi connectivity index (χ0v) is 9.95. The van der Waals surface area contributed by atoms with Crippen molar-refractivity contribution in [3.8, 4) is 0 Å². The Morgan fingerprint density at radius 1 is 1.21 bits per heavy atom. The molecule has 0 aromatic heterocycles. The number of ketones is 1. The summed E-state index contributed by atoms with van der Waals surface area (Å²) in [6.07, 6.45) is 0. The lowest BCUT2D eigenvalue weighted by molar-refractivity contribution is 0.0985. The van der Waals surface area contributed by atoms with Crippen molar-refractivity contribution in [2.45, 2.75) is 25.3 Å². The summed E-state index contributed by atoms with van der Waals surface area (Å²) in [6.45, 7) is 6.33. The lowest BCUT2D eigenvalue weighted by atomic mass is 10.1. The number of rotatable bonds is 3. The minimum atomic E-state index is -1.58. The van der Waals surface area contributed by atoms with Gasteiger partial charge in [-0.05, 0) is 0 Å². The molecule has 0 aliphatic rings. The Labute approximate surface area is 86.1 Å². The first-order valence-corrected chi connectivity index (χ1v) is 8.35. The molecule has 1 aromatic rings. The van der Waals surface area contributed by atoms with Crippen LogP contribution in [0.1, 0.15) is 10.4 Å². The summed E-state index contributed by atoms with van der Waals surface area (Å²) in [5.74, 6) is 0.0739. The molecular weight excluding hydrogens is 190 g/mol. The summed E-state index contributed by atoms with van der Waals surface area (Å²) < 4.78 is 0. The van der Waals surface area contributed by atoms with Crippen LogP contribution < -0.4 is 5.73 Å². The van der Waals surface area contributed by atoms with Gasteiger partial charge < -0.3 is 5.73 Å². The first-order chi connectivity index (χ1) is 6.43. The minimum Gasteiger partial charge on any atom is -0.324 e. The second-order valence-electron chi connectivity index (χ2n) is 4.57. The van der Waals surface area contributed by atoms with Gasteiger partial charge in [0.1, 0.15) is 0 Å². The van der Waals surface area contributed by atoms with E-state index in [2.05, 4.69) is 19.6 Å². The maximum atomic E-state index is 11.9. The van der Waals surface area contributed by atoms with E-state index in [0.29, 0.717) is 0 Å². The van der Waals surface area contributed by atoms with Gasteiger partial charge in [-0.25, -0.2) is 0 Å². The van der Waals surface area contributed by atoms with E-state index in [1.165, 1.54) is 0 Å². The Bertz CT molecular complexity index is 316. The van der Waals surface area contributed by atoms with Crippen molar-refractivity contribution in [3.05, 3.63) is 35.9 Å². The topological polar surface area (TPSA) is 43.1 Å². The molecule has 1 unspecified atom stereocenters. The highest BCUT2D eigenvalue weighted by molar-refractivity contribution is 6.81. The minimum absolute atomic E-state index is 0.0739. The summed E-state index contributed by atoms with van der Waals surface area (Å²) in [6, 6.07) is 9.27. The molecule has 3 heteroatoms. The average molecular weight is 207 g/mol. The summed E-state index contributed by atoms with van der Waals surface area (Å²) >= 11 is 0. The van der Waals surface area contributed by atoms with E-state index < -0.39 is 8.07 Å². The van der Waals surface area contributed by atoms with Crippen LogP contribution in [0.4, 0.5) is 0 Å². The number of benzene rings is 1. The predicted octanol–water partition coefficient (Wildman–Crippen LogP) is 2.07. The molecule has 0 spiro atoms. The second kappa shape index (κ2) is 4.07. The highest BCUT2D eigenvalue weighted by Crippen LogP contribution is 2.11. The molecule has 14 heavy (non-hydrogen) atoms. The highest BCUT2D eigenvalue weighted by atomic mass is 28.3. The summed E-state index contributed by atoms with van der Waals surface area (Å²) in [5.41, 5.74) is 6.36. The van der Waals surface area contributed by atoms with Crippen LogP contribution in [0.2, 0.25) is 19.6 Å². The molecule has 1 rings (SSSR count). The number of nitrogens with two attached hydrogens (primary N) is 1. The maximum Gasteiger partial charge on any atom is 0.176 e. The first-order valence-electron chi connectivity index (χ1n) is 4.78. The summed E-state index contributed by atoms with van der Waals surface area (Å²) in [7, 11) is -1.58. The van der Waals surface area contributed by atoms with Gasteiger partial charge in [-0.15, -0.1) is 0 Å². The van der Waals surface area contributed by atoms with Gasteiger partial charge in [0.25, 0.3) is 0 Å². The van der Waals surface area contributed by atoms with Gasteiger partial charge in [-0.3, -0.25) is 4.79 Å². The van der Waals surface area contributed by atoms with E-state index in [9.17, 15) is 4.79 Å². The lowest BCUT2D eigenvalue weighted by Gasteiger charge is -2.23. The SMILES string of the molecule is C[Si](C)(C)C(N)C(=O)c1ccccc1. The molecule has 1 atom stereocenters. The first kappa shape index (κ1) is 11.1. The van der Waals surface area contributed by atoms with Gasteiger partial charge >= 0.3 is 0 Å². The van der Waals surface area contributed by atoms with Crippen molar-refractivity contribution in [1.82, 2.24) is 0 Å². The molecule has 0 aliphatic heterocycles. The number of carbonyl (C=O) groups excluding carboxylic acids is 1. The van der Waals surface area contributed by atoms with Crippen molar-refractivity contribution < 1.29 is 4.79 Å². The van der Waals surface area contributed by atoms with E-state index in [1.807, 2.05) is 30.3 Å². The summed E-state index contributed by atoms with van der Waals surface area (Å²) in [4.78, 5) is 11.9. The molecule has 1 aromatic carbocycles. The molecular formula is C11H17NOSi. The third-order valence-electron chi connectivity index (χ3n) is 2.27. The molecule has 0 amide bonds. The molecule has 0 radical (unpaired) electrons. The van der Waals surface area contributed by atoms with Crippen molar-refractivity contribution in [3.63, 3.8) is 0 Å². The Morgan fingerprint density at radius 2 is 1.71 bits per heavy atom. The zero-order valence-electron chi connectivity index (χ0n) is 8.95. The Balaban J connectivity index is 2.87. The molecule has 0 bridgehead atoms. The van der Waals surface area contributed by atoms with Crippen LogP contribution in [0.3, 0.4) is 0 Å². The Hall–Kier alpha value is -0.933.